The second-order valence-electron chi connectivity index (χ2n) is 8.99. The monoisotopic (exact) mass is 547 g/mol. The first kappa shape index (κ1) is 27.3. The van der Waals surface area contributed by atoms with Crippen molar-refractivity contribution in [2.45, 2.75) is 25.3 Å². The number of carboxylic acids is 1. The van der Waals surface area contributed by atoms with Crippen molar-refractivity contribution in [3.05, 3.63) is 80.8 Å². The average Bonchev–Trinajstić information content (AvgIpc) is 3.74. The summed E-state index contributed by atoms with van der Waals surface area (Å²) in [4.78, 5) is 32.4. The lowest BCUT2D eigenvalue weighted by Crippen LogP contribution is -2.18. The molecule has 0 atom stereocenters. The number of ether oxygens (including phenoxy) is 2. The topological polar surface area (TPSA) is 156 Å². The zero-order chi connectivity index (χ0) is 27.0. The summed E-state index contributed by atoms with van der Waals surface area (Å²) in [6.45, 7) is 0. The van der Waals surface area contributed by atoms with Crippen LogP contribution in [0.25, 0.3) is 10.9 Å². The van der Waals surface area contributed by atoms with Gasteiger partial charge in [-0.15, -0.1) is 12.4 Å². The molecule has 0 saturated heterocycles. The molecule has 0 spiro atoms. The molecule has 1 fully saturated rings. The molecular weight excluding hydrogens is 522 g/mol. The number of fused-ring (bicyclic) bond motifs is 1. The molecule has 5 rings (SSSR count). The van der Waals surface area contributed by atoms with Gasteiger partial charge >= 0.3 is 5.97 Å². The van der Waals surface area contributed by atoms with E-state index in [1.807, 2.05) is 22.8 Å². The number of aromatic carboxylic acids is 1. The van der Waals surface area contributed by atoms with Crippen molar-refractivity contribution in [2.75, 3.05) is 25.7 Å². The summed E-state index contributed by atoms with van der Waals surface area (Å²) in [6, 6.07) is 9.04. The van der Waals surface area contributed by atoms with Crippen LogP contribution in [0.1, 0.15) is 51.5 Å². The molecule has 1 aliphatic rings. The van der Waals surface area contributed by atoms with Crippen LogP contribution in [0.4, 0.5) is 11.8 Å². The number of carbonyl (C=O) groups is 1. The number of rotatable bonds is 6. The van der Waals surface area contributed by atoms with E-state index in [2.05, 4.69) is 21.8 Å². The smallest absolute Gasteiger partial charge is 0.341 e. The van der Waals surface area contributed by atoms with Crippen LogP contribution in [-0.2, 0) is 6.42 Å². The third-order valence-corrected chi connectivity index (χ3v) is 6.40. The van der Waals surface area contributed by atoms with Gasteiger partial charge in [-0.2, -0.15) is 4.98 Å². The number of anilines is 2. The van der Waals surface area contributed by atoms with Gasteiger partial charge in [0, 0.05) is 41.4 Å². The molecule has 5 N–H and O–H groups in total. The van der Waals surface area contributed by atoms with E-state index in [-0.39, 0.29) is 30.0 Å². The van der Waals surface area contributed by atoms with E-state index in [0.717, 1.165) is 18.4 Å². The van der Waals surface area contributed by atoms with Gasteiger partial charge in [-0.05, 0) is 48.7 Å². The van der Waals surface area contributed by atoms with Crippen LogP contribution in [0.15, 0.2) is 47.5 Å². The van der Waals surface area contributed by atoms with Gasteiger partial charge in [0.25, 0.3) is 0 Å². The van der Waals surface area contributed by atoms with E-state index in [0.29, 0.717) is 51.3 Å². The lowest BCUT2D eigenvalue weighted by atomic mass is 10.0. The van der Waals surface area contributed by atoms with Crippen LogP contribution in [0.5, 0.6) is 11.5 Å². The van der Waals surface area contributed by atoms with Gasteiger partial charge in [-0.1, -0.05) is 11.8 Å². The van der Waals surface area contributed by atoms with Crippen LogP contribution >= 0.6 is 12.4 Å². The Labute approximate surface area is 230 Å². The summed E-state index contributed by atoms with van der Waals surface area (Å²) in [6.07, 6.45) is 5.31. The lowest BCUT2D eigenvalue weighted by Gasteiger charge is -2.13. The van der Waals surface area contributed by atoms with Crippen molar-refractivity contribution >= 4 is 41.0 Å². The summed E-state index contributed by atoms with van der Waals surface area (Å²) in [5, 5.41) is 9.83. The standard InChI is InChI=1S/C28H25N5O5.ClH/c1-37-23-12-16(10-18-13-31-28(30)32-26(18)29)9-17(25(23)38-2)5-3-15-4-8-20-22(11-15)33(19-6-7-19)14-21(24(20)34)27(35)36;/h4,8-9,11-14,19H,6-7,10H2,1-2H3,(H,35,36)(H4,29,30,31,32);1H. The molecule has 1 saturated carbocycles. The Hall–Kier alpha value is -4.75. The van der Waals surface area contributed by atoms with Crippen molar-refractivity contribution in [1.29, 1.82) is 0 Å². The van der Waals surface area contributed by atoms with E-state index < -0.39 is 11.4 Å². The molecular formula is C28H26ClN5O5. The minimum Gasteiger partial charge on any atom is -0.493 e. The van der Waals surface area contributed by atoms with Gasteiger partial charge in [0.1, 0.15) is 11.4 Å². The summed E-state index contributed by atoms with van der Waals surface area (Å²) in [5.41, 5.74) is 14.4. The number of methoxy groups -OCH3 is 2. The minimum atomic E-state index is -1.23. The highest BCUT2D eigenvalue weighted by Gasteiger charge is 2.26. The zero-order valence-electron chi connectivity index (χ0n) is 21.2. The van der Waals surface area contributed by atoms with Gasteiger partial charge in [-0.3, -0.25) is 4.79 Å². The Morgan fingerprint density at radius 3 is 2.56 bits per heavy atom. The van der Waals surface area contributed by atoms with Gasteiger partial charge in [0.2, 0.25) is 11.4 Å². The highest BCUT2D eigenvalue weighted by atomic mass is 35.5. The van der Waals surface area contributed by atoms with Gasteiger partial charge < -0.3 is 30.6 Å². The molecule has 0 radical (unpaired) electrons. The molecule has 39 heavy (non-hydrogen) atoms. The number of halogens is 1. The normalized spacial score (nSPS) is 12.3. The fraction of sp³-hybridized carbons (Fsp3) is 0.214. The largest absolute Gasteiger partial charge is 0.493 e. The first-order valence-corrected chi connectivity index (χ1v) is 11.8. The summed E-state index contributed by atoms with van der Waals surface area (Å²) < 4.78 is 13.0. The molecule has 2 aromatic carbocycles. The Bertz CT molecular complexity index is 1720. The Morgan fingerprint density at radius 1 is 1.15 bits per heavy atom. The van der Waals surface area contributed by atoms with Crippen molar-refractivity contribution in [3.8, 4) is 23.3 Å². The third kappa shape index (κ3) is 5.44. The lowest BCUT2D eigenvalue weighted by molar-refractivity contribution is 0.0695. The number of carboxylic acid groups (broad SMARTS) is 1. The van der Waals surface area contributed by atoms with Crippen molar-refractivity contribution in [1.82, 2.24) is 14.5 Å². The molecule has 2 aromatic heterocycles. The van der Waals surface area contributed by atoms with Crippen LogP contribution in [-0.4, -0.2) is 39.8 Å². The maximum Gasteiger partial charge on any atom is 0.341 e. The number of pyridine rings is 1. The predicted octanol–water partition coefficient (Wildman–Crippen LogP) is 3.42. The second kappa shape index (κ2) is 10.9. The fourth-order valence-electron chi connectivity index (χ4n) is 4.38. The molecule has 0 unspecified atom stereocenters. The van der Waals surface area contributed by atoms with Gasteiger partial charge in [-0.25, -0.2) is 9.78 Å². The number of nitrogen functional groups attached to an aromatic ring is 2. The van der Waals surface area contributed by atoms with E-state index in [9.17, 15) is 14.7 Å². The predicted molar refractivity (Wildman–Crippen MR) is 150 cm³/mol. The minimum absolute atomic E-state index is 0. The Morgan fingerprint density at radius 2 is 1.92 bits per heavy atom. The van der Waals surface area contributed by atoms with E-state index >= 15 is 0 Å². The molecule has 11 heteroatoms. The van der Waals surface area contributed by atoms with Crippen LogP contribution < -0.4 is 26.4 Å². The Balaban J connectivity index is 0.00000353. The number of benzene rings is 2. The van der Waals surface area contributed by atoms with Gasteiger partial charge in [0.15, 0.2) is 11.5 Å². The number of hydrogen-bond donors (Lipinski definition) is 3. The van der Waals surface area contributed by atoms with E-state index in [1.165, 1.54) is 6.20 Å². The summed E-state index contributed by atoms with van der Waals surface area (Å²) in [7, 11) is 3.09. The molecule has 0 amide bonds. The average molecular weight is 548 g/mol. The summed E-state index contributed by atoms with van der Waals surface area (Å²) in [5.74, 6) is 6.46. The number of nitrogens with two attached hydrogens (primary N) is 2. The molecule has 4 aromatic rings. The van der Waals surface area contributed by atoms with E-state index in [4.69, 9.17) is 20.9 Å². The number of aromatic nitrogens is 3. The van der Waals surface area contributed by atoms with Crippen LogP contribution in [0.3, 0.4) is 0 Å². The number of nitrogens with zero attached hydrogens (tertiary/aromatic N) is 3. The Kier molecular flexibility index (Phi) is 7.65. The molecule has 1 aliphatic carbocycles. The number of hydrogen-bond acceptors (Lipinski definition) is 8. The van der Waals surface area contributed by atoms with E-state index in [1.54, 1.807) is 32.5 Å². The second-order valence-corrected chi connectivity index (χ2v) is 8.99. The van der Waals surface area contributed by atoms with Crippen molar-refractivity contribution < 1.29 is 19.4 Å². The molecule has 0 aliphatic heterocycles. The van der Waals surface area contributed by atoms with Crippen LogP contribution in [0, 0.1) is 11.8 Å². The fourth-order valence-corrected chi connectivity index (χ4v) is 4.38. The molecule has 200 valence electrons. The maximum atomic E-state index is 12.8. The quantitative estimate of drug-likeness (QED) is 0.308. The molecule has 0 bridgehead atoms. The highest BCUT2D eigenvalue weighted by molar-refractivity contribution is 5.93. The van der Waals surface area contributed by atoms with Gasteiger partial charge in [0.05, 0.1) is 25.3 Å². The molecule has 2 heterocycles. The van der Waals surface area contributed by atoms with Crippen molar-refractivity contribution in [2.24, 2.45) is 0 Å². The maximum absolute atomic E-state index is 12.8. The SMILES string of the molecule is COc1cc(Cc2cnc(N)nc2N)cc(C#Cc2ccc3c(=O)c(C(=O)O)cn(C4CC4)c3c2)c1OC.Cl. The van der Waals surface area contributed by atoms with Crippen LogP contribution in [0.2, 0.25) is 0 Å². The van der Waals surface area contributed by atoms with Crippen molar-refractivity contribution in [3.63, 3.8) is 0 Å². The molecule has 10 nitrogen and oxygen atoms in total. The highest BCUT2D eigenvalue weighted by Crippen LogP contribution is 2.37. The first-order valence-electron chi connectivity index (χ1n) is 11.8. The first-order chi connectivity index (χ1) is 18.3. The zero-order valence-corrected chi connectivity index (χ0v) is 22.0. The summed E-state index contributed by atoms with van der Waals surface area (Å²) >= 11 is 0. The third-order valence-electron chi connectivity index (χ3n) is 6.40.